The highest BCUT2D eigenvalue weighted by Crippen LogP contribution is 2.38. The molecule has 1 heterocycles. The number of methoxy groups -OCH3 is 1. The van der Waals surface area contributed by atoms with Gasteiger partial charge in [0.2, 0.25) is 0 Å². The molecule has 1 N–H and O–H groups in total. The summed E-state index contributed by atoms with van der Waals surface area (Å²) in [5.41, 5.74) is 4.36. The number of carbonyl (C=O) groups is 1. The Kier molecular flexibility index (Phi) is 7.38. The van der Waals surface area contributed by atoms with Gasteiger partial charge in [0.15, 0.2) is 11.5 Å². The Morgan fingerprint density at radius 3 is 2.43 bits per heavy atom. The molecule has 0 bridgehead atoms. The summed E-state index contributed by atoms with van der Waals surface area (Å²) in [6.45, 7) is 10.5. The van der Waals surface area contributed by atoms with E-state index in [-0.39, 0.29) is 18.1 Å². The van der Waals surface area contributed by atoms with Gasteiger partial charge in [0, 0.05) is 25.2 Å². The van der Waals surface area contributed by atoms with Crippen molar-refractivity contribution in [3.05, 3.63) is 58.7 Å². The summed E-state index contributed by atoms with van der Waals surface area (Å²) in [6, 6.07) is 12.3. The van der Waals surface area contributed by atoms with Crippen LogP contribution in [0.1, 0.15) is 67.2 Å². The molecule has 0 aliphatic carbocycles. The molecule has 2 aromatic carbocycles. The average molecular weight is 411 g/mol. The first-order valence-corrected chi connectivity index (χ1v) is 11.0. The van der Waals surface area contributed by atoms with Gasteiger partial charge in [-0.15, -0.1) is 0 Å². The van der Waals surface area contributed by atoms with E-state index in [1.807, 2.05) is 30.9 Å². The lowest BCUT2D eigenvalue weighted by Crippen LogP contribution is -2.31. The Bertz CT molecular complexity index is 859. The van der Waals surface area contributed by atoms with Gasteiger partial charge in [-0.2, -0.15) is 0 Å². The number of nitrogens with zero attached hydrogens (tertiary/aromatic N) is 1. The molecule has 30 heavy (non-hydrogen) atoms. The SMILES string of the molecule is CCC(C)Oc1cc2c(cc1OC)CCNC2c1ccc(C(=O)N(CC)CC)cc1. The summed E-state index contributed by atoms with van der Waals surface area (Å²) in [5.74, 6) is 1.65. The number of carbonyl (C=O) groups excluding carboxylic acids is 1. The van der Waals surface area contributed by atoms with Crippen LogP contribution in [0.25, 0.3) is 0 Å². The molecule has 5 heteroatoms. The largest absolute Gasteiger partial charge is 0.493 e. The molecule has 2 aromatic rings. The number of nitrogens with one attached hydrogen (secondary N) is 1. The third-order valence-electron chi connectivity index (χ3n) is 5.92. The van der Waals surface area contributed by atoms with Crippen LogP contribution < -0.4 is 14.8 Å². The summed E-state index contributed by atoms with van der Waals surface area (Å²) >= 11 is 0. The summed E-state index contributed by atoms with van der Waals surface area (Å²) in [7, 11) is 1.69. The van der Waals surface area contributed by atoms with Gasteiger partial charge < -0.3 is 19.7 Å². The fraction of sp³-hybridized carbons (Fsp3) is 0.480. The van der Waals surface area contributed by atoms with Crippen molar-refractivity contribution in [1.29, 1.82) is 0 Å². The number of fused-ring (bicyclic) bond motifs is 1. The van der Waals surface area contributed by atoms with Crippen molar-refractivity contribution in [1.82, 2.24) is 10.2 Å². The molecule has 0 fully saturated rings. The van der Waals surface area contributed by atoms with Gasteiger partial charge in [-0.1, -0.05) is 19.1 Å². The van der Waals surface area contributed by atoms with E-state index in [4.69, 9.17) is 9.47 Å². The van der Waals surface area contributed by atoms with Crippen LogP contribution in [0.4, 0.5) is 0 Å². The molecule has 162 valence electrons. The molecule has 2 unspecified atom stereocenters. The van der Waals surface area contributed by atoms with E-state index >= 15 is 0 Å². The van der Waals surface area contributed by atoms with E-state index in [1.165, 1.54) is 11.1 Å². The average Bonchev–Trinajstić information content (AvgIpc) is 2.79. The lowest BCUT2D eigenvalue weighted by molar-refractivity contribution is 0.0773. The minimum atomic E-state index is 0.0662. The Morgan fingerprint density at radius 1 is 1.13 bits per heavy atom. The minimum absolute atomic E-state index is 0.0662. The maximum atomic E-state index is 12.6. The molecule has 1 aliphatic rings. The van der Waals surface area contributed by atoms with E-state index in [9.17, 15) is 4.79 Å². The molecule has 5 nitrogen and oxygen atoms in total. The van der Waals surface area contributed by atoms with Crippen LogP contribution in [0.5, 0.6) is 11.5 Å². The number of hydrogen-bond donors (Lipinski definition) is 1. The van der Waals surface area contributed by atoms with E-state index in [0.29, 0.717) is 0 Å². The van der Waals surface area contributed by atoms with Crippen LogP contribution >= 0.6 is 0 Å². The van der Waals surface area contributed by atoms with Crippen molar-refractivity contribution in [2.45, 2.75) is 52.7 Å². The first-order chi connectivity index (χ1) is 14.5. The summed E-state index contributed by atoms with van der Waals surface area (Å²) in [4.78, 5) is 14.5. The fourth-order valence-corrected chi connectivity index (χ4v) is 3.92. The number of amides is 1. The molecule has 0 radical (unpaired) electrons. The smallest absolute Gasteiger partial charge is 0.253 e. The van der Waals surface area contributed by atoms with Gasteiger partial charge >= 0.3 is 0 Å². The van der Waals surface area contributed by atoms with Crippen molar-refractivity contribution in [3.8, 4) is 11.5 Å². The van der Waals surface area contributed by atoms with Crippen LogP contribution in [0, 0.1) is 0 Å². The number of hydrogen-bond acceptors (Lipinski definition) is 4. The zero-order valence-electron chi connectivity index (χ0n) is 18.8. The molecule has 0 saturated heterocycles. The third kappa shape index (κ3) is 4.62. The molecule has 1 amide bonds. The number of ether oxygens (including phenoxy) is 2. The zero-order valence-corrected chi connectivity index (χ0v) is 18.8. The van der Waals surface area contributed by atoms with Gasteiger partial charge in [0.1, 0.15) is 0 Å². The monoisotopic (exact) mass is 410 g/mol. The van der Waals surface area contributed by atoms with E-state index in [1.54, 1.807) is 7.11 Å². The predicted molar refractivity (Wildman–Crippen MR) is 121 cm³/mol. The quantitative estimate of drug-likeness (QED) is 0.692. The fourth-order valence-electron chi connectivity index (χ4n) is 3.92. The predicted octanol–water partition coefficient (Wildman–Crippen LogP) is 4.59. The second-order valence-electron chi connectivity index (χ2n) is 7.78. The Hall–Kier alpha value is -2.53. The summed E-state index contributed by atoms with van der Waals surface area (Å²) < 4.78 is 11.7. The maximum absolute atomic E-state index is 12.6. The molecule has 3 rings (SSSR count). The van der Waals surface area contributed by atoms with E-state index in [2.05, 4.69) is 43.4 Å². The molecule has 0 aromatic heterocycles. The lowest BCUT2D eigenvalue weighted by atomic mass is 9.89. The van der Waals surface area contributed by atoms with Crippen molar-refractivity contribution in [3.63, 3.8) is 0 Å². The van der Waals surface area contributed by atoms with Crippen LogP contribution in [0.3, 0.4) is 0 Å². The van der Waals surface area contributed by atoms with E-state index < -0.39 is 0 Å². The molecule has 1 aliphatic heterocycles. The normalized spacial score (nSPS) is 16.5. The lowest BCUT2D eigenvalue weighted by Gasteiger charge is -2.29. The molecular weight excluding hydrogens is 376 g/mol. The van der Waals surface area contributed by atoms with Crippen LogP contribution in [0.2, 0.25) is 0 Å². The second-order valence-corrected chi connectivity index (χ2v) is 7.78. The first-order valence-electron chi connectivity index (χ1n) is 11.0. The van der Waals surface area contributed by atoms with Crippen molar-refractivity contribution < 1.29 is 14.3 Å². The summed E-state index contributed by atoms with van der Waals surface area (Å²) in [5, 5.41) is 3.63. The van der Waals surface area contributed by atoms with Crippen LogP contribution in [0.15, 0.2) is 36.4 Å². The van der Waals surface area contributed by atoms with Crippen molar-refractivity contribution >= 4 is 5.91 Å². The standard InChI is InChI=1S/C25H34N2O3/c1-6-17(4)30-23-16-21-20(15-22(23)29-5)13-14-26-24(21)18-9-11-19(12-10-18)25(28)27(7-2)8-3/h9-12,15-17,24,26H,6-8,13-14H2,1-5H3. The molecule has 0 spiro atoms. The first kappa shape index (κ1) is 22.2. The van der Waals surface area contributed by atoms with E-state index in [0.717, 1.165) is 55.1 Å². The highest BCUT2D eigenvalue weighted by Gasteiger charge is 2.25. The van der Waals surface area contributed by atoms with Gasteiger partial charge in [-0.3, -0.25) is 4.79 Å². The van der Waals surface area contributed by atoms with Gasteiger partial charge in [0.25, 0.3) is 5.91 Å². The zero-order chi connectivity index (χ0) is 21.7. The molecule has 2 atom stereocenters. The molecular formula is C25H34N2O3. The van der Waals surface area contributed by atoms with Crippen LogP contribution in [-0.4, -0.2) is 43.7 Å². The highest BCUT2D eigenvalue weighted by atomic mass is 16.5. The highest BCUT2D eigenvalue weighted by molar-refractivity contribution is 5.94. The van der Waals surface area contributed by atoms with Gasteiger partial charge in [0.05, 0.1) is 19.3 Å². The Labute approximate surface area is 180 Å². The summed E-state index contributed by atoms with van der Waals surface area (Å²) in [6.07, 6.45) is 2.01. The minimum Gasteiger partial charge on any atom is -0.493 e. The van der Waals surface area contributed by atoms with Gasteiger partial charge in [-0.05, 0) is 74.6 Å². The topological polar surface area (TPSA) is 50.8 Å². The Balaban J connectivity index is 1.92. The van der Waals surface area contributed by atoms with Crippen molar-refractivity contribution in [2.75, 3.05) is 26.7 Å². The van der Waals surface area contributed by atoms with Crippen LogP contribution in [-0.2, 0) is 6.42 Å². The second kappa shape index (κ2) is 9.98. The molecule has 0 saturated carbocycles. The van der Waals surface area contributed by atoms with Crippen molar-refractivity contribution in [2.24, 2.45) is 0 Å². The third-order valence-corrected chi connectivity index (χ3v) is 5.92. The van der Waals surface area contributed by atoms with Gasteiger partial charge in [-0.25, -0.2) is 0 Å². The number of rotatable bonds is 8. The maximum Gasteiger partial charge on any atom is 0.253 e. The number of benzene rings is 2. The Morgan fingerprint density at radius 2 is 1.83 bits per heavy atom.